The predicted molar refractivity (Wildman–Crippen MR) is 125 cm³/mol. The Kier molecular flexibility index (Phi) is 7.42. The van der Waals surface area contributed by atoms with Crippen molar-refractivity contribution in [1.29, 1.82) is 0 Å². The Morgan fingerprint density at radius 3 is 2.56 bits per heavy atom. The summed E-state index contributed by atoms with van der Waals surface area (Å²) in [7, 11) is 0. The SMILES string of the molecule is O=C(Nc1ccc(CCNCC(O)c2ccccc2)cc1)C1CCCN1c1ncccn1. The summed E-state index contributed by atoms with van der Waals surface area (Å²) < 4.78 is 0. The Bertz CT molecular complexity index is 982. The van der Waals surface area contributed by atoms with E-state index >= 15 is 0 Å². The van der Waals surface area contributed by atoms with Crippen molar-refractivity contribution in [3.63, 3.8) is 0 Å². The summed E-state index contributed by atoms with van der Waals surface area (Å²) in [5.41, 5.74) is 2.87. The standard InChI is InChI=1S/C25H29N5O2/c31-23(20-6-2-1-3-7-20)18-26-16-13-19-9-11-21(12-10-19)29-24(32)22-8-4-17-30(22)25-27-14-5-15-28-25/h1-3,5-7,9-12,14-15,22-23,26,31H,4,8,13,16-18H2,(H,29,32). The lowest BCUT2D eigenvalue weighted by molar-refractivity contribution is -0.117. The molecule has 3 N–H and O–H groups in total. The minimum atomic E-state index is -0.509. The molecule has 166 valence electrons. The van der Waals surface area contributed by atoms with Crippen molar-refractivity contribution < 1.29 is 9.90 Å². The number of aliphatic hydroxyl groups is 1. The van der Waals surface area contributed by atoms with Crippen LogP contribution in [0.4, 0.5) is 11.6 Å². The van der Waals surface area contributed by atoms with Gasteiger partial charge in [0.15, 0.2) is 0 Å². The molecule has 0 spiro atoms. The van der Waals surface area contributed by atoms with Crippen LogP contribution in [0.2, 0.25) is 0 Å². The molecule has 1 aromatic heterocycles. The van der Waals surface area contributed by atoms with Crippen LogP contribution in [0.5, 0.6) is 0 Å². The van der Waals surface area contributed by atoms with E-state index < -0.39 is 6.10 Å². The van der Waals surface area contributed by atoms with Crippen LogP contribution in [0.25, 0.3) is 0 Å². The van der Waals surface area contributed by atoms with Gasteiger partial charge in [0.25, 0.3) is 0 Å². The van der Waals surface area contributed by atoms with Crippen molar-refractivity contribution in [2.24, 2.45) is 0 Å². The highest BCUT2D eigenvalue weighted by Gasteiger charge is 2.32. The quantitative estimate of drug-likeness (QED) is 0.452. The number of nitrogens with one attached hydrogen (secondary N) is 2. The molecule has 2 atom stereocenters. The number of aromatic nitrogens is 2. The fraction of sp³-hybridized carbons (Fsp3) is 0.320. The van der Waals surface area contributed by atoms with Gasteiger partial charge in [-0.15, -0.1) is 0 Å². The number of nitrogens with zero attached hydrogens (tertiary/aromatic N) is 3. The molecule has 0 saturated carbocycles. The van der Waals surface area contributed by atoms with Crippen LogP contribution in [-0.4, -0.2) is 46.7 Å². The van der Waals surface area contributed by atoms with E-state index in [9.17, 15) is 9.90 Å². The second-order valence-electron chi connectivity index (χ2n) is 7.97. The molecule has 0 aliphatic carbocycles. The topological polar surface area (TPSA) is 90.4 Å². The van der Waals surface area contributed by atoms with Crippen LogP contribution in [0.15, 0.2) is 73.1 Å². The van der Waals surface area contributed by atoms with E-state index in [1.807, 2.05) is 59.5 Å². The fourth-order valence-electron chi connectivity index (χ4n) is 3.96. The summed E-state index contributed by atoms with van der Waals surface area (Å²) in [4.78, 5) is 23.4. The maximum Gasteiger partial charge on any atom is 0.247 e. The smallest absolute Gasteiger partial charge is 0.247 e. The second kappa shape index (κ2) is 10.8. The number of carbonyl (C=O) groups excluding carboxylic acids is 1. The third-order valence-corrected chi connectivity index (χ3v) is 5.70. The zero-order chi connectivity index (χ0) is 22.2. The summed E-state index contributed by atoms with van der Waals surface area (Å²) in [5.74, 6) is 0.574. The first-order valence-corrected chi connectivity index (χ1v) is 11.1. The van der Waals surface area contributed by atoms with E-state index in [0.717, 1.165) is 43.6 Å². The van der Waals surface area contributed by atoms with E-state index in [1.165, 1.54) is 5.56 Å². The molecule has 3 aromatic rings. The number of benzene rings is 2. The Labute approximate surface area is 188 Å². The molecule has 1 amide bonds. The van der Waals surface area contributed by atoms with Gasteiger partial charge in [-0.1, -0.05) is 42.5 Å². The molecular weight excluding hydrogens is 402 g/mol. The molecule has 7 nitrogen and oxygen atoms in total. The normalized spacial score (nSPS) is 16.7. The zero-order valence-electron chi connectivity index (χ0n) is 18.0. The molecule has 2 heterocycles. The fourth-order valence-corrected chi connectivity index (χ4v) is 3.96. The molecule has 0 bridgehead atoms. The van der Waals surface area contributed by atoms with Gasteiger partial charge in [0.05, 0.1) is 6.10 Å². The first kappa shape index (κ1) is 21.9. The Balaban J connectivity index is 1.23. The van der Waals surface area contributed by atoms with E-state index in [0.29, 0.717) is 12.5 Å². The summed E-state index contributed by atoms with van der Waals surface area (Å²) >= 11 is 0. The molecule has 1 aliphatic rings. The molecule has 7 heteroatoms. The average molecular weight is 432 g/mol. The number of anilines is 2. The zero-order valence-corrected chi connectivity index (χ0v) is 18.0. The van der Waals surface area contributed by atoms with Gasteiger partial charge >= 0.3 is 0 Å². The Morgan fingerprint density at radius 2 is 1.81 bits per heavy atom. The first-order valence-electron chi connectivity index (χ1n) is 11.1. The molecule has 32 heavy (non-hydrogen) atoms. The van der Waals surface area contributed by atoms with Crippen molar-refractivity contribution in [2.75, 3.05) is 29.9 Å². The van der Waals surface area contributed by atoms with Crippen molar-refractivity contribution in [3.8, 4) is 0 Å². The van der Waals surface area contributed by atoms with Gasteiger partial charge in [0, 0.05) is 31.2 Å². The van der Waals surface area contributed by atoms with Gasteiger partial charge in [-0.2, -0.15) is 0 Å². The third kappa shape index (κ3) is 5.69. The molecule has 1 fully saturated rings. The van der Waals surface area contributed by atoms with Crippen LogP contribution < -0.4 is 15.5 Å². The molecule has 1 aliphatic heterocycles. The summed E-state index contributed by atoms with van der Waals surface area (Å²) in [6, 6.07) is 19.1. The Hall–Kier alpha value is -3.29. The van der Waals surface area contributed by atoms with Crippen LogP contribution >= 0.6 is 0 Å². The van der Waals surface area contributed by atoms with E-state index in [-0.39, 0.29) is 11.9 Å². The lowest BCUT2D eigenvalue weighted by atomic mass is 10.1. The molecule has 4 rings (SSSR count). The highest BCUT2D eigenvalue weighted by atomic mass is 16.3. The monoisotopic (exact) mass is 431 g/mol. The Morgan fingerprint density at radius 1 is 1.06 bits per heavy atom. The highest BCUT2D eigenvalue weighted by Crippen LogP contribution is 2.23. The molecule has 0 radical (unpaired) electrons. The van der Waals surface area contributed by atoms with Crippen LogP contribution in [0.1, 0.15) is 30.1 Å². The number of rotatable bonds is 9. The van der Waals surface area contributed by atoms with E-state index in [2.05, 4.69) is 20.6 Å². The van der Waals surface area contributed by atoms with Gasteiger partial charge in [0.1, 0.15) is 6.04 Å². The van der Waals surface area contributed by atoms with Gasteiger partial charge in [-0.3, -0.25) is 4.79 Å². The highest BCUT2D eigenvalue weighted by molar-refractivity contribution is 5.97. The number of amides is 1. The first-order chi connectivity index (χ1) is 15.7. The number of carbonyl (C=O) groups is 1. The summed E-state index contributed by atoms with van der Waals surface area (Å²) in [6.07, 6.45) is 5.48. The maximum absolute atomic E-state index is 12.8. The minimum Gasteiger partial charge on any atom is -0.387 e. The van der Waals surface area contributed by atoms with Crippen molar-refractivity contribution >= 4 is 17.5 Å². The largest absolute Gasteiger partial charge is 0.387 e. The van der Waals surface area contributed by atoms with Gasteiger partial charge in [-0.05, 0) is 55.1 Å². The summed E-state index contributed by atoms with van der Waals surface area (Å²) in [5, 5.41) is 16.5. The summed E-state index contributed by atoms with van der Waals surface area (Å²) in [6.45, 7) is 2.07. The second-order valence-corrected chi connectivity index (χ2v) is 7.97. The average Bonchev–Trinajstić information content (AvgIpc) is 3.34. The van der Waals surface area contributed by atoms with Gasteiger partial charge < -0.3 is 20.6 Å². The van der Waals surface area contributed by atoms with E-state index in [1.54, 1.807) is 18.5 Å². The van der Waals surface area contributed by atoms with E-state index in [4.69, 9.17) is 0 Å². The van der Waals surface area contributed by atoms with Gasteiger partial charge in [-0.25, -0.2) is 9.97 Å². The number of hydrogen-bond donors (Lipinski definition) is 3. The molecular formula is C25H29N5O2. The van der Waals surface area contributed by atoms with Crippen molar-refractivity contribution in [1.82, 2.24) is 15.3 Å². The van der Waals surface area contributed by atoms with Crippen LogP contribution in [0.3, 0.4) is 0 Å². The lowest BCUT2D eigenvalue weighted by Crippen LogP contribution is -2.40. The predicted octanol–water partition coefficient (Wildman–Crippen LogP) is 2.95. The number of hydrogen-bond acceptors (Lipinski definition) is 6. The van der Waals surface area contributed by atoms with Crippen LogP contribution in [-0.2, 0) is 11.2 Å². The van der Waals surface area contributed by atoms with Crippen LogP contribution in [0, 0.1) is 0 Å². The van der Waals surface area contributed by atoms with Crippen molar-refractivity contribution in [2.45, 2.75) is 31.4 Å². The van der Waals surface area contributed by atoms with Gasteiger partial charge in [0.2, 0.25) is 11.9 Å². The third-order valence-electron chi connectivity index (χ3n) is 5.70. The van der Waals surface area contributed by atoms with Crippen molar-refractivity contribution in [3.05, 3.63) is 84.2 Å². The maximum atomic E-state index is 12.8. The minimum absolute atomic E-state index is 0.0285. The number of aliphatic hydroxyl groups excluding tert-OH is 1. The molecule has 2 unspecified atom stereocenters. The lowest BCUT2D eigenvalue weighted by Gasteiger charge is -2.23. The molecule has 2 aromatic carbocycles. The molecule has 1 saturated heterocycles.